The number of carbonyl (C=O) groups excluding carboxylic acids is 1. The number of aryl methyl sites for hydroxylation is 1. The summed E-state index contributed by atoms with van der Waals surface area (Å²) in [5.41, 5.74) is -0.510. The van der Waals surface area contributed by atoms with Gasteiger partial charge < -0.3 is 19.9 Å². The molecule has 144 valence electrons. The number of carboxylic acid groups (broad SMARTS) is 1. The molecule has 1 aromatic carbocycles. The van der Waals surface area contributed by atoms with Crippen LogP contribution in [0.4, 0.5) is 5.69 Å². The molecule has 0 spiro atoms. The average Bonchev–Trinajstić information content (AvgIpc) is 3.02. The molecule has 2 N–H and O–H groups in total. The van der Waals surface area contributed by atoms with Gasteiger partial charge in [-0.15, -0.1) is 0 Å². The van der Waals surface area contributed by atoms with E-state index in [9.17, 15) is 24.8 Å². The van der Waals surface area contributed by atoms with Crippen LogP contribution in [0.25, 0.3) is 0 Å². The fraction of sp³-hybridized carbons (Fsp3) is 0.312. The minimum atomic E-state index is -1.17. The van der Waals surface area contributed by atoms with Gasteiger partial charge in [0.05, 0.1) is 31.6 Å². The predicted molar refractivity (Wildman–Crippen MR) is 91.9 cm³/mol. The van der Waals surface area contributed by atoms with E-state index >= 15 is 0 Å². The highest BCUT2D eigenvalue weighted by Crippen LogP contribution is 2.31. The van der Waals surface area contributed by atoms with Crippen LogP contribution < -0.4 is 14.8 Å². The first kappa shape index (κ1) is 19.7. The van der Waals surface area contributed by atoms with E-state index in [0.29, 0.717) is 17.1 Å². The van der Waals surface area contributed by atoms with Gasteiger partial charge in [0, 0.05) is 18.7 Å². The number of benzene rings is 1. The van der Waals surface area contributed by atoms with Crippen LogP contribution >= 0.6 is 0 Å². The number of hydrogen-bond acceptors (Lipinski definition) is 7. The molecule has 1 heterocycles. The largest absolute Gasteiger partial charge is 0.497 e. The van der Waals surface area contributed by atoms with Crippen LogP contribution in [0, 0.1) is 10.1 Å². The molecule has 0 aliphatic heterocycles. The second kappa shape index (κ2) is 8.17. The van der Waals surface area contributed by atoms with E-state index in [4.69, 9.17) is 9.47 Å². The van der Waals surface area contributed by atoms with E-state index in [2.05, 4.69) is 10.4 Å². The monoisotopic (exact) mass is 378 g/mol. The third-order valence-electron chi connectivity index (χ3n) is 3.72. The van der Waals surface area contributed by atoms with Crippen LogP contribution in [0.3, 0.4) is 0 Å². The van der Waals surface area contributed by atoms with Gasteiger partial charge in [0.1, 0.15) is 17.7 Å². The number of methoxy groups -OCH3 is 2. The normalized spacial score (nSPS) is 11.5. The molecule has 0 saturated carbocycles. The van der Waals surface area contributed by atoms with Gasteiger partial charge in [-0.25, -0.2) is 0 Å². The van der Waals surface area contributed by atoms with Crippen molar-refractivity contribution in [2.45, 2.75) is 12.5 Å². The van der Waals surface area contributed by atoms with E-state index in [0.717, 1.165) is 10.9 Å². The van der Waals surface area contributed by atoms with Crippen molar-refractivity contribution in [2.75, 3.05) is 14.2 Å². The van der Waals surface area contributed by atoms with Crippen molar-refractivity contribution < 1.29 is 29.1 Å². The zero-order chi connectivity index (χ0) is 20.1. The Morgan fingerprint density at radius 3 is 2.63 bits per heavy atom. The molecule has 2 rings (SSSR count). The maximum atomic E-state index is 12.5. The van der Waals surface area contributed by atoms with Crippen molar-refractivity contribution in [3.63, 3.8) is 0 Å². The van der Waals surface area contributed by atoms with Crippen LogP contribution in [0.15, 0.2) is 24.4 Å². The number of aliphatic carboxylic acids is 1. The van der Waals surface area contributed by atoms with Crippen LogP contribution in [0.2, 0.25) is 0 Å². The highest BCUT2D eigenvalue weighted by Gasteiger charge is 2.29. The standard InChI is InChI=1S/C16H18N4O7/c1-19-8-12(20(24)25)15(18-19)16(23)17-11(7-14(21)22)10-5-4-9(26-2)6-13(10)27-3/h4-6,8,11H,7H2,1-3H3,(H,17,23)(H,21,22). The molecule has 1 amide bonds. The lowest BCUT2D eigenvalue weighted by Crippen LogP contribution is -2.31. The third kappa shape index (κ3) is 4.51. The first-order chi connectivity index (χ1) is 12.8. The third-order valence-corrected chi connectivity index (χ3v) is 3.72. The Morgan fingerprint density at radius 1 is 1.37 bits per heavy atom. The number of rotatable bonds is 8. The number of aromatic nitrogens is 2. The molecule has 11 heteroatoms. The lowest BCUT2D eigenvalue weighted by molar-refractivity contribution is -0.385. The SMILES string of the molecule is COc1ccc(C(CC(=O)O)NC(=O)c2nn(C)cc2[N+](=O)[O-])c(OC)c1. The first-order valence-corrected chi connectivity index (χ1v) is 7.69. The molecule has 0 aliphatic carbocycles. The van der Waals surface area contributed by atoms with Crippen molar-refractivity contribution in [3.05, 3.63) is 45.8 Å². The first-order valence-electron chi connectivity index (χ1n) is 7.69. The molecule has 0 aliphatic rings. The summed E-state index contributed by atoms with van der Waals surface area (Å²) in [6.45, 7) is 0. The summed E-state index contributed by atoms with van der Waals surface area (Å²) in [4.78, 5) is 34.1. The molecule has 27 heavy (non-hydrogen) atoms. The van der Waals surface area contributed by atoms with Gasteiger partial charge in [-0.05, 0) is 12.1 Å². The highest BCUT2D eigenvalue weighted by molar-refractivity contribution is 5.96. The number of nitrogens with one attached hydrogen (secondary N) is 1. The Balaban J connectivity index is 2.39. The predicted octanol–water partition coefficient (Wildman–Crippen LogP) is 1.29. The van der Waals surface area contributed by atoms with Crippen molar-refractivity contribution in [1.82, 2.24) is 15.1 Å². The molecule has 0 bridgehead atoms. The topological polar surface area (TPSA) is 146 Å². The van der Waals surface area contributed by atoms with E-state index in [1.54, 1.807) is 18.2 Å². The molecule has 11 nitrogen and oxygen atoms in total. The van der Waals surface area contributed by atoms with Gasteiger partial charge in [-0.1, -0.05) is 0 Å². The quantitative estimate of drug-likeness (QED) is 0.516. The maximum Gasteiger partial charge on any atom is 0.320 e. The highest BCUT2D eigenvalue weighted by atomic mass is 16.6. The van der Waals surface area contributed by atoms with Crippen LogP contribution in [-0.2, 0) is 11.8 Å². The van der Waals surface area contributed by atoms with Crippen LogP contribution in [-0.4, -0.2) is 45.9 Å². The van der Waals surface area contributed by atoms with E-state index in [1.807, 2.05) is 0 Å². The van der Waals surface area contributed by atoms with Crippen LogP contribution in [0.1, 0.15) is 28.5 Å². The Labute approximate surface area is 153 Å². The second-order valence-corrected chi connectivity index (χ2v) is 5.53. The summed E-state index contributed by atoms with van der Waals surface area (Å²) in [7, 11) is 4.29. The fourth-order valence-corrected chi connectivity index (χ4v) is 2.52. The summed E-state index contributed by atoms with van der Waals surface area (Å²) < 4.78 is 11.5. The van der Waals surface area contributed by atoms with Crippen molar-refractivity contribution >= 4 is 17.6 Å². The number of amides is 1. The number of carbonyl (C=O) groups is 2. The molecule has 1 aromatic heterocycles. The molecule has 0 saturated heterocycles. The fourth-order valence-electron chi connectivity index (χ4n) is 2.52. The Bertz CT molecular complexity index is 878. The van der Waals surface area contributed by atoms with Crippen molar-refractivity contribution in [3.8, 4) is 11.5 Å². The summed E-state index contributed by atoms with van der Waals surface area (Å²) >= 11 is 0. The minimum absolute atomic E-state index is 0.302. The van der Waals surface area contributed by atoms with E-state index in [-0.39, 0.29) is 0 Å². The molecular weight excluding hydrogens is 360 g/mol. The molecule has 0 fully saturated rings. The zero-order valence-electron chi connectivity index (χ0n) is 14.8. The van der Waals surface area contributed by atoms with Gasteiger partial charge in [0.25, 0.3) is 5.91 Å². The molecule has 2 aromatic rings. The molecular formula is C16H18N4O7. The number of ether oxygens (including phenoxy) is 2. The van der Waals surface area contributed by atoms with E-state index in [1.165, 1.54) is 21.3 Å². The van der Waals surface area contributed by atoms with Gasteiger partial charge in [0.15, 0.2) is 0 Å². The minimum Gasteiger partial charge on any atom is -0.497 e. The summed E-state index contributed by atoms with van der Waals surface area (Å²) in [5.74, 6) is -1.26. The van der Waals surface area contributed by atoms with Gasteiger partial charge in [0.2, 0.25) is 5.69 Å². The maximum absolute atomic E-state index is 12.5. The zero-order valence-corrected chi connectivity index (χ0v) is 14.8. The summed E-state index contributed by atoms with van der Waals surface area (Å²) in [5, 5.41) is 26.6. The second-order valence-electron chi connectivity index (χ2n) is 5.53. The Morgan fingerprint density at radius 2 is 2.07 bits per heavy atom. The lowest BCUT2D eigenvalue weighted by Gasteiger charge is -2.20. The molecule has 1 unspecified atom stereocenters. The Kier molecular flexibility index (Phi) is 5.96. The van der Waals surface area contributed by atoms with Gasteiger partial charge in [-0.3, -0.25) is 24.4 Å². The average molecular weight is 378 g/mol. The van der Waals surface area contributed by atoms with Crippen LogP contribution in [0.5, 0.6) is 11.5 Å². The summed E-state index contributed by atoms with van der Waals surface area (Å²) in [6.07, 6.45) is 0.629. The number of hydrogen-bond donors (Lipinski definition) is 2. The number of nitro groups is 1. The smallest absolute Gasteiger partial charge is 0.320 e. The lowest BCUT2D eigenvalue weighted by atomic mass is 10.0. The van der Waals surface area contributed by atoms with Gasteiger partial charge >= 0.3 is 11.7 Å². The van der Waals surface area contributed by atoms with Crippen molar-refractivity contribution in [2.24, 2.45) is 7.05 Å². The Hall–Kier alpha value is -3.63. The number of nitrogens with zero attached hydrogens (tertiary/aromatic N) is 3. The summed E-state index contributed by atoms with van der Waals surface area (Å²) in [6, 6.07) is 3.68. The van der Waals surface area contributed by atoms with Crippen molar-refractivity contribution in [1.29, 1.82) is 0 Å². The molecule has 1 atom stereocenters. The number of carboxylic acids is 1. The van der Waals surface area contributed by atoms with E-state index < -0.39 is 40.6 Å². The van der Waals surface area contributed by atoms with Gasteiger partial charge in [-0.2, -0.15) is 5.10 Å². The molecule has 0 radical (unpaired) electrons.